The molecule has 0 radical (unpaired) electrons. The van der Waals surface area contributed by atoms with Crippen LogP contribution >= 0.6 is 0 Å². The van der Waals surface area contributed by atoms with Gasteiger partial charge in [0.05, 0.1) is 18.2 Å². The van der Waals surface area contributed by atoms with Crippen molar-refractivity contribution in [3.63, 3.8) is 0 Å². The first-order chi connectivity index (χ1) is 15.2. The number of carbonyl (C=O) groups is 1. The Morgan fingerprint density at radius 3 is 2.88 bits per heavy atom. The lowest BCUT2D eigenvalue weighted by Crippen LogP contribution is -2.47. The van der Waals surface area contributed by atoms with Gasteiger partial charge >= 0.3 is 6.16 Å². The highest BCUT2D eigenvalue weighted by atomic mass is 16.8. The molecule has 0 unspecified atom stereocenters. The van der Waals surface area contributed by atoms with Crippen LogP contribution in [-0.2, 0) is 23.7 Å². The number of fused-ring (bicyclic) bond motifs is 2. The molecule has 0 saturated carbocycles. The second-order valence-electron chi connectivity index (χ2n) is 8.53. The molecule has 11 nitrogen and oxygen atoms in total. The number of rotatable bonds is 6. The summed E-state index contributed by atoms with van der Waals surface area (Å²) in [4.78, 5) is 16.2. The van der Waals surface area contributed by atoms with E-state index in [1.165, 1.54) is 6.33 Å². The summed E-state index contributed by atoms with van der Waals surface area (Å²) in [5.41, 5.74) is 5.99. The third-order valence-electron chi connectivity index (χ3n) is 5.80. The van der Waals surface area contributed by atoms with Gasteiger partial charge in [-0.05, 0) is 39.3 Å². The molecule has 2 aliphatic rings. The Morgan fingerprint density at radius 1 is 1.38 bits per heavy atom. The smallest absolute Gasteiger partial charge is 0.431 e. The highest BCUT2D eigenvalue weighted by Gasteiger charge is 2.64. The monoisotopic (exact) mass is 445 g/mol. The number of nitrogens with two attached hydrogens (primary N) is 1. The van der Waals surface area contributed by atoms with E-state index in [1.807, 2.05) is 13.0 Å². The van der Waals surface area contributed by atoms with E-state index in [-0.39, 0.29) is 19.1 Å². The van der Waals surface area contributed by atoms with E-state index < -0.39 is 35.9 Å². The zero-order valence-electron chi connectivity index (χ0n) is 18.5. The summed E-state index contributed by atoms with van der Waals surface area (Å²) in [5, 5.41) is 13.9. The van der Waals surface area contributed by atoms with Crippen LogP contribution in [0.25, 0.3) is 5.52 Å². The number of nitriles is 1. The minimum absolute atomic E-state index is 0.0822. The maximum Gasteiger partial charge on any atom is 0.508 e. The molecule has 11 heteroatoms. The van der Waals surface area contributed by atoms with Crippen molar-refractivity contribution in [1.29, 1.82) is 5.26 Å². The largest absolute Gasteiger partial charge is 0.508 e. The highest BCUT2D eigenvalue weighted by Crippen LogP contribution is 2.51. The third-order valence-corrected chi connectivity index (χ3v) is 5.80. The molecular formula is C21H27N5O6. The van der Waals surface area contributed by atoms with Gasteiger partial charge in [0.15, 0.2) is 11.6 Å². The Bertz CT molecular complexity index is 1050. The van der Waals surface area contributed by atoms with Crippen molar-refractivity contribution in [2.24, 2.45) is 0 Å². The van der Waals surface area contributed by atoms with Crippen molar-refractivity contribution >= 4 is 17.5 Å². The molecule has 2 saturated heterocycles. The average Bonchev–Trinajstić information content (AvgIpc) is 3.38. The summed E-state index contributed by atoms with van der Waals surface area (Å²) in [6.45, 7) is 7.01. The van der Waals surface area contributed by atoms with Crippen molar-refractivity contribution in [2.45, 2.75) is 76.3 Å². The summed E-state index contributed by atoms with van der Waals surface area (Å²) in [5.74, 6) is -0.597. The molecule has 0 bridgehead atoms. The van der Waals surface area contributed by atoms with Gasteiger partial charge in [0, 0.05) is 0 Å². The van der Waals surface area contributed by atoms with Crippen LogP contribution < -0.4 is 5.73 Å². The van der Waals surface area contributed by atoms with E-state index >= 15 is 0 Å². The van der Waals surface area contributed by atoms with Gasteiger partial charge in [0.1, 0.15) is 48.5 Å². The van der Waals surface area contributed by atoms with Crippen LogP contribution in [0.2, 0.25) is 0 Å². The second kappa shape index (κ2) is 8.20. The van der Waals surface area contributed by atoms with E-state index in [9.17, 15) is 10.1 Å². The standard InChI is InChI=1S/C21H27N5O6/c1-5-12(2)29-19(27)28-10-21(8-9-22)17-16(30-20(3,4)32-17)15(31-21)13-6-7-14-18(23)24-11-25-26(13)14/h6-7,11-12,15-17H,5,8,10H2,1-4H3,(H2,23,24,25)/t12-,15+,16+,17+,21-/m1/s1. The summed E-state index contributed by atoms with van der Waals surface area (Å²) in [6.07, 6.45) is -1.08. The average molecular weight is 445 g/mol. The van der Waals surface area contributed by atoms with Gasteiger partial charge < -0.3 is 29.4 Å². The zero-order valence-corrected chi connectivity index (χ0v) is 18.5. The molecule has 2 aliphatic heterocycles. The van der Waals surface area contributed by atoms with Crippen LogP contribution in [-0.4, -0.2) is 57.1 Å². The fourth-order valence-corrected chi connectivity index (χ4v) is 4.13. The summed E-state index contributed by atoms with van der Waals surface area (Å²) < 4.78 is 30.9. The lowest BCUT2D eigenvalue weighted by molar-refractivity contribution is -0.217. The molecule has 2 aromatic rings. The molecular weight excluding hydrogens is 418 g/mol. The predicted molar refractivity (Wildman–Crippen MR) is 110 cm³/mol. The molecule has 32 heavy (non-hydrogen) atoms. The number of nitrogen functional groups attached to an aromatic ring is 1. The number of anilines is 1. The van der Waals surface area contributed by atoms with Crippen LogP contribution in [0.4, 0.5) is 10.6 Å². The van der Waals surface area contributed by atoms with E-state index in [2.05, 4.69) is 16.2 Å². The zero-order chi connectivity index (χ0) is 23.1. The van der Waals surface area contributed by atoms with E-state index in [1.54, 1.807) is 31.4 Å². The number of nitrogens with zero attached hydrogens (tertiary/aromatic N) is 4. The van der Waals surface area contributed by atoms with Crippen molar-refractivity contribution in [1.82, 2.24) is 14.6 Å². The molecule has 2 fully saturated rings. The van der Waals surface area contributed by atoms with Gasteiger partial charge in [-0.3, -0.25) is 0 Å². The van der Waals surface area contributed by atoms with Gasteiger partial charge in [-0.15, -0.1) is 0 Å². The van der Waals surface area contributed by atoms with E-state index in [0.29, 0.717) is 23.4 Å². The molecule has 0 aromatic carbocycles. The molecule has 4 rings (SSSR count). The fourth-order valence-electron chi connectivity index (χ4n) is 4.13. The van der Waals surface area contributed by atoms with Crippen molar-refractivity contribution in [3.8, 4) is 6.07 Å². The topological polar surface area (TPSA) is 143 Å². The van der Waals surface area contributed by atoms with Gasteiger partial charge in [0.25, 0.3) is 0 Å². The Labute approximate surface area is 185 Å². The molecule has 2 aromatic heterocycles. The van der Waals surface area contributed by atoms with Crippen LogP contribution in [0, 0.1) is 11.3 Å². The van der Waals surface area contributed by atoms with Gasteiger partial charge in [0.2, 0.25) is 0 Å². The lowest BCUT2D eigenvalue weighted by atomic mass is 9.92. The third kappa shape index (κ3) is 3.85. The highest BCUT2D eigenvalue weighted by molar-refractivity contribution is 5.65. The number of ether oxygens (including phenoxy) is 5. The lowest BCUT2D eigenvalue weighted by Gasteiger charge is -2.32. The maximum atomic E-state index is 12.2. The normalized spacial score (nSPS) is 29.4. The van der Waals surface area contributed by atoms with E-state index in [0.717, 1.165) is 0 Å². The van der Waals surface area contributed by atoms with Crippen LogP contribution in [0.3, 0.4) is 0 Å². The number of hydrogen-bond acceptors (Lipinski definition) is 10. The molecule has 172 valence electrons. The van der Waals surface area contributed by atoms with E-state index in [4.69, 9.17) is 29.4 Å². The van der Waals surface area contributed by atoms with Crippen LogP contribution in [0.15, 0.2) is 18.5 Å². The first-order valence-corrected chi connectivity index (χ1v) is 10.5. The summed E-state index contributed by atoms with van der Waals surface area (Å²) >= 11 is 0. The second-order valence-corrected chi connectivity index (χ2v) is 8.53. The van der Waals surface area contributed by atoms with Crippen LogP contribution in [0.1, 0.15) is 52.3 Å². The van der Waals surface area contributed by atoms with Gasteiger partial charge in [-0.2, -0.15) is 10.4 Å². The van der Waals surface area contributed by atoms with Crippen molar-refractivity contribution in [2.75, 3.05) is 12.3 Å². The molecule has 0 amide bonds. The molecule has 0 aliphatic carbocycles. The Morgan fingerprint density at radius 2 is 2.16 bits per heavy atom. The molecule has 5 atom stereocenters. The summed E-state index contributed by atoms with van der Waals surface area (Å²) in [6, 6.07) is 5.74. The van der Waals surface area contributed by atoms with Gasteiger partial charge in [-0.1, -0.05) is 6.92 Å². The summed E-state index contributed by atoms with van der Waals surface area (Å²) in [7, 11) is 0. The maximum absolute atomic E-state index is 12.2. The first-order valence-electron chi connectivity index (χ1n) is 10.5. The Kier molecular flexibility index (Phi) is 5.70. The van der Waals surface area contributed by atoms with Crippen molar-refractivity contribution in [3.05, 3.63) is 24.2 Å². The number of aromatic nitrogens is 3. The molecule has 4 heterocycles. The Hall–Kier alpha value is -2.94. The minimum atomic E-state index is -1.25. The SMILES string of the molecule is CC[C@@H](C)OC(=O)OC[C@@]1(CC#N)O[C@@H](c2ccc3c(N)ncnn23)[C@@H]2OC(C)(C)O[C@@H]21. The number of carbonyl (C=O) groups excluding carboxylic acids is 1. The van der Waals surface area contributed by atoms with Crippen LogP contribution in [0.5, 0.6) is 0 Å². The number of hydrogen-bond donors (Lipinski definition) is 1. The molecule has 0 spiro atoms. The molecule has 2 N–H and O–H groups in total. The fraction of sp³-hybridized carbons (Fsp3) is 0.619. The quantitative estimate of drug-likeness (QED) is 0.659. The predicted octanol–water partition coefficient (Wildman–Crippen LogP) is 2.51. The van der Waals surface area contributed by atoms with Crippen molar-refractivity contribution < 1.29 is 28.5 Å². The van der Waals surface area contributed by atoms with Gasteiger partial charge in [-0.25, -0.2) is 14.3 Å². The first kappa shape index (κ1) is 22.3. The Balaban J connectivity index is 1.67. The minimum Gasteiger partial charge on any atom is -0.431 e.